The maximum Gasteiger partial charge on any atom is 0.164 e. The average Bonchev–Trinajstić information content (AvgIpc) is 3.13. The molecule has 0 amide bonds. The zero-order valence-corrected chi connectivity index (χ0v) is 13.1. The monoisotopic (exact) mass is 335 g/mol. The zero-order chi connectivity index (χ0) is 13.9. The van der Waals surface area contributed by atoms with Gasteiger partial charge in [0.05, 0.1) is 6.54 Å². The summed E-state index contributed by atoms with van der Waals surface area (Å²) in [6, 6.07) is 8.48. The summed E-state index contributed by atoms with van der Waals surface area (Å²) in [4.78, 5) is 2.44. The Labute approximate surface area is 127 Å². The van der Waals surface area contributed by atoms with Crippen molar-refractivity contribution in [3.05, 3.63) is 40.1 Å². The molecule has 1 aromatic carbocycles. The third-order valence-electron chi connectivity index (χ3n) is 3.58. The predicted molar refractivity (Wildman–Crippen MR) is 79.8 cm³/mol. The van der Waals surface area contributed by atoms with E-state index in [0.29, 0.717) is 0 Å². The van der Waals surface area contributed by atoms with Crippen LogP contribution in [-0.2, 0) is 20.1 Å². The largest absolute Gasteiger partial charge is 0.291 e. The van der Waals surface area contributed by atoms with Crippen molar-refractivity contribution in [2.75, 3.05) is 6.54 Å². The fourth-order valence-corrected chi connectivity index (χ4v) is 2.77. The quantitative estimate of drug-likeness (QED) is 0.813. The molecule has 1 fully saturated rings. The molecule has 0 N–H and O–H groups in total. The number of rotatable bonds is 6. The maximum absolute atomic E-state index is 4.09. The first-order valence-corrected chi connectivity index (χ1v) is 7.68. The summed E-state index contributed by atoms with van der Waals surface area (Å²) < 4.78 is 2.88. The van der Waals surface area contributed by atoms with Crippen LogP contribution in [0, 0.1) is 5.92 Å². The molecular formula is C14H18BrN5. The highest BCUT2D eigenvalue weighted by atomic mass is 79.9. The van der Waals surface area contributed by atoms with Crippen molar-refractivity contribution in [2.45, 2.75) is 25.9 Å². The van der Waals surface area contributed by atoms with Crippen molar-refractivity contribution >= 4 is 15.9 Å². The molecule has 1 heterocycles. The van der Waals surface area contributed by atoms with Crippen LogP contribution in [0.4, 0.5) is 0 Å². The minimum atomic E-state index is 0.798. The molecule has 0 bridgehead atoms. The van der Waals surface area contributed by atoms with E-state index in [1.165, 1.54) is 18.4 Å². The van der Waals surface area contributed by atoms with Gasteiger partial charge in [-0.05, 0) is 46.9 Å². The van der Waals surface area contributed by atoms with Crippen LogP contribution in [0.25, 0.3) is 0 Å². The Hall–Kier alpha value is -1.27. The molecular weight excluding hydrogens is 318 g/mol. The van der Waals surface area contributed by atoms with E-state index in [1.54, 1.807) is 4.68 Å². The second-order valence-electron chi connectivity index (χ2n) is 5.46. The molecule has 0 saturated heterocycles. The van der Waals surface area contributed by atoms with Gasteiger partial charge >= 0.3 is 0 Å². The molecule has 6 heteroatoms. The summed E-state index contributed by atoms with van der Waals surface area (Å²) in [5.74, 6) is 1.77. The van der Waals surface area contributed by atoms with E-state index >= 15 is 0 Å². The standard InChI is InChI=1S/C14H18BrN5/c1-19-14(16-17-18-19)10-20(8-11-5-6-11)9-12-3-2-4-13(15)7-12/h2-4,7,11H,5-6,8-10H2,1H3. The third-order valence-corrected chi connectivity index (χ3v) is 4.07. The van der Waals surface area contributed by atoms with Gasteiger partial charge < -0.3 is 0 Å². The van der Waals surface area contributed by atoms with Crippen LogP contribution in [0.2, 0.25) is 0 Å². The number of tetrazole rings is 1. The zero-order valence-electron chi connectivity index (χ0n) is 11.5. The van der Waals surface area contributed by atoms with Gasteiger partial charge in [0.2, 0.25) is 0 Å². The van der Waals surface area contributed by atoms with Gasteiger partial charge in [-0.25, -0.2) is 4.68 Å². The molecule has 1 aromatic heterocycles. The summed E-state index contributed by atoms with van der Waals surface area (Å²) >= 11 is 3.53. The van der Waals surface area contributed by atoms with Gasteiger partial charge in [0.15, 0.2) is 5.82 Å². The summed E-state index contributed by atoms with van der Waals surface area (Å²) in [6.45, 7) is 2.86. The number of aromatic nitrogens is 4. The van der Waals surface area contributed by atoms with Crippen LogP contribution in [0.3, 0.4) is 0 Å². The topological polar surface area (TPSA) is 46.8 Å². The normalized spacial score (nSPS) is 14.9. The van der Waals surface area contributed by atoms with Crippen molar-refractivity contribution < 1.29 is 0 Å². The molecule has 0 aliphatic heterocycles. The van der Waals surface area contributed by atoms with Crippen LogP contribution in [-0.4, -0.2) is 31.7 Å². The van der Waals surface area contributed by atoms with Crippen LogP contribution in [0.5, 0.6) is 0 Å². The number of aryl methyl sites for hydroxylation is 1. The number of benzene rings is 1. The van der Waals surface area contributed by atoms with E-state index < -0.39 is 0 Å². The molecule has 2 aromatic rings. The molecule has 0 unspecified atom stereocenters. The molecule has 0 atom stereocenters. The van der Waals surface area contributed by atoms with E-state index in [4.69, 9.17) is 0 Å². The van der Waals surface area contributed by atoms with Gasteiger partial charge in [-0.3, -0.25) is 4.90 Å². The number of nitrogens with zero attached hydrogens (tertiary/aromatic N) is 5. The van der Waals surface area contributed by atoms with Crippen molar-refractivity contribution in [1.82, 2.24) is 25.1 Å². The highest BCUT2D eigenvalue weighted by molar-refractivity contribution is 9.10. The van der Waals surface area contributed by atoms with E-state index in [1.807, 2.05) is 7.05 Å². The van der Waals surface area contributed by atoms with Crippen molar-refractivity contribution in [3.63, 3.8) is 0 Å². The predicted octanol–water partition coefficient (Wildman–Crippen LogP) is 2.38. The number of halogens is 1. The van der Waals surface area contributed by atoms with Crippen LogP contribution < -0.4 is 0 Å². The molecule has 20 heavy (non-hydrogen) atoms. The van der Waals surface area contributed by atoms with E-state index in [0.717, 1.165) is 35.8 Å². The Bertz CT molecular complexity index is 578. The molecule has 1 aliphatic carbocycles. The molecule has 1 saturated carbocycles. The van der Waals surface area contributed by atoms with E-state index in [9.17, 15) is 0 Å². The highest BCUT2D eigenvalue weighted by Crippen LogP contribution is 2.30. The highest BCUT2D eigenvalue weighted by Gasteiger charge is 2.25. The summed E-state index contributed by atoms with van der Waals surface area (Å²) in [5.41, 5.74) is 1.31. The molecule has 0 radical (unpaired) electrons. The van der Waals surface area contributed by atoms with Gasteiger partial charge in [-0.1, -0.05) is 28.1 Å². The fourth-order valence-electron chi connectivity index (χ4n) is 2.33. The van der Waals surface area contributed by atoms with Crippen LogP contribution >= 0.6 is 15.9 Å². The SMILES string of the molecule is Cn1nnnc1CN(Cc1cccc(Br)c1)CC1CC1. The lowest BCUT2D eigenvalue weighted by molar-refractivity contribution is 0.236. The first kappa shape index (κ1) is 13.7. The first-order valence-electron chi connectivity index (χ1n) is 6.89. The Balaban J connectivity index is 1.70. The summed E-state index contributed by atoms with van der Waals surface area (Å²) in [6.07, 6.45) is 2.71. The summed E-state index contributed by atoms with van der Waals surface area (Å²) in [5, 5.41) is 11.7. The molecule has 0 spiro atoms. The van der Waals surface area contributed by atoms with Crippen molar-refractivity contribution in [2.24, 2.45) is 13.0 Å². The van der Waals surface area contributed by atoms with Crippen LogP contribution in [0.15, 0.2) is 28.7 Å². The van der Waals surface area contributed by atoms with Gasteiger partial charge in [-0.2, -0.15) is 0 Å². The van der Waals surface area contributed by atoms with E-state index in [-0.39, 0.29) is 0 Å². The Kier molecular flexibility index (Phi) is 4.12. The third kappa shape index (κ3) is 3.64. The first-order chi connectivity index (χ1) is 9.70. The Morgan fingerprint density at radius 3 is 2.85 bits per heavy atom. The molecule has 5 nitrogen and oxygen atoms in total. The fraction of sp³-hybridized carbons (Fsp3) is 0.500. The summed E-state index contributed by atoms with van der Waals surface area (Å²) in [7, 11) is 1.89. The minimum Gasteiger partial charge on any atom is -0.291 e. The average molecular weight is 336 g/mol. The number of hydrogen-bond donors (Lipinski definition) is 0. The number of hydrogen-bond acceptors (Lipinski definition) is 4. The second-order valence-corrected chi connectivity index (χ2v) is 6.38. The Morgan fingerprint density at radius 1 is 1.35 bits per heavy atom. The van der Waals surface area contributed by atoms with E-state index in [2.05, 4.69) is 60.6 Å². The minimum absolute atomic E-state index is 0.798. The van der Waals surface area contributed by atoms with Crippen molar-refractivity contribution in [3.8, 4) is 0 Å². The second kappa shape index (κ2) is 6.01. The maximum atomic E-state index is 4.09. The molecule has 106 valence electrons. The van der Waals surface area contributed by atoms with Crippen molar-refractivity contribution in [1.29, 1.82) is 0 Å². The van der Waals surface area contributed by atoms with Gasteiger partial charge in [0.1, 0.15) is 0 Å². The van der Waals surface area contributed by atoms with Crippen LogP contribution in [0.1, 0.15) is 24.2 Å². The molecule has 3 rings (SSSR count). The van der Waals surface area contributed by atoms with Gasteiger partial charge in [-0.15, -0.1) is 5.10 Å². The van der Waals surface area contributed by atoms with Gasteiger partial charge in [0.25, 0.3) is 0 Å². The smallest absolute Gasteiger partial charge is 0.164 e. The van der Waals surface area contributed by atoms with Gasteiger partial charge in [0, 0.05) is 24.6 Å². The lowest BCUT2D eigenvalue weighted by Crippen LogP contribution is -2.26. The lowest BCUT2D eigenvalue weighted by atomic mass is 10.2. The Morgan fingerprint density at radius 2 is 2.20 bits per heavy atom. The molecule has 1 aliphatic rings. The lowest BCUT2D eigenvalue weighted by Gasteiger charge is -2.21.